The van der Waals surface area contributed by atoms with E-state index >= 15 is 0 Å². The molecule has 0 aliphatic carbocycles. The number of aliphatic hydroxyl groups is 1. The summed E-state index contributed by atoms with van der Waals surface area (Å²) in [6.07, 6.45) is 1.04. The molecule has 14 heavy (non-hydrogen) atoms. The van der Waals surface area contributed by atoms with E-state index in [4.69, 9.17) is 5.11 Å². The monoisotopic (exact) mass is 200 g/mol. The summed E-state index contributed by atoms with van der Waals surface area (Å²) in [5.41, 5.74) is 0. The molecule has 0 unspecified atom stereocenters. The van der Waals surface area contributed by atoms with Crippen molar-refractivity contribution in [2.45, 2.75) is 26.3 Å². The van der Waals surface area contributed by atoms with E-state index in [9.17, 15) is 4.79 Å². The van der Waals surface area contributed by atoms with Crippen molar-refractivity contribution >= 4 is 5.91 Å². The van der Waals surface area contributed by atoms with Crippen LogP contribution in [0.25, 0.3) is 0 Å². The highest BCUT2D eigenvalue weighted by atomic mass is 16.3. The van der Waals surface area contributed by atoms with E-state index < -0.39 is 0 Å². The van der Waals surface area contributed by atoms with Gasteiger partial charge in [-0.3, -0.25) is 9.69 Å². The normalized spacial score (nSPS) is 22.6. The minimum absolute atomic E-state index is 0.156. The fourth-order valence-corrected chi connectivity index (χ4v) is 2.15. The van der Waals surface area contributed by atoms with Gasteiger partial charge in [-0.2, -0.15) is 0 Å². The van der Waals surface area contributed by atoms with Crippen molar-refractivity contribution < 1.29 is 9.90 Å². The molecule has 4 heteroatoms. The number of rotatable bonds is 4. The number of likely N-dealkylation sites (tertiary alicyclic amines) is 1. The molecule has 0 aromatic heterocycles. The summed E-state index contributed by atoms with van der Waals surface area (Å²) in [5, 5.41) is 8.80. The van der Waals surface area contributed by atoms with Gasteiger partial charge < -0.3 is 10.0 Å². The molecule has 1 aliphatic heterocycles. The van der Waals surface area contributed by atoms with Crippen molar-refractivity contribution in [1.82, 2.24) is 9.80 Å². The molecule has 0 radical (unpaired) electrons. The molecule has 0 aromatic carbocycles. The second kappa shape index (κ2) is 5.32. The molecule has 1 aliphatic rings. The van der Waals surface area contributed by atoms with E-state index in [2.05, 4.69) is 4.90 Å². The maximum Gasteiger partial charge on any atom is 0.219 e. The van der Waals surface area contributed by atoms with Gasteiger partial charge in [-0.1, -0.05) is 0 Å². The average Bonchev–Trinajstić information content (AvgIpc) is 2.54. The van der Waals surface area contributed by atoms with Crippen LogP contribution in [0.3, 0.4) is 0 Å². The lowest BCUT2D eigenvalue weighted by atomic mass is 10.2. The highest BCUT2D eigenvalue weighted by Crippen LogP contribution is 2.15. The van der Waals surface area contributed by atoms with Crippen LogP contribution in [0.5, 0.6) is 0 Å². The molecule has 4 nitrogen and oxygen atoms in total. The maximum absolute atomic E-state index is 11.3. The minimum atomic E-state index is 0.156. The average molecular weight is 200 g/mol. The van der Waals surface area contributed by atoms with Crippen molar-refractivity contribution in [3.63, 3.8) is 0 Å². The first-order chi connectivity index (χ1) is 6.69. The van der Waals surface area contributed by atoms with Gasteiger partial charge in [0.15, 0.2) is 0 Å². The molecular formula is C10H20N2O2. The molecule has 1 rings (SSSR count). The van der Waals surface area contributed by atoms with Crippen LogP contribution in [0.15, 0.2) is 0 Å². The first-order valence-corrected chi connectivity index (χ1v) is 5.29. The molecule has 1 atom stereocenters. The first kappa shape index (κ1) is 11.5. The molecular weight excluding hydrogens is 180 g/mol. The van der Waals surface area contributed by atoms with Gasteiger partial charge in [-0.05, 0) is 13.3 Å². The fraction of sp³-hybridized carbons (Fsp3) is 0.900. The summed E-state index contributed by atoms with van der Waals surface area (Å²) >= 11 is 0. The van der Waals surface area contributed by atoms with Gasteiger partial charge in [-0.15, -0.1) is 0 Å². The predicted molar refractivity (Wildman–Crippen MR) is 55.0 cm³/mol. The van der Waals surface area contributed by atoms with Gasteiger partial charge in [0.05, 0.1) is 6.61 Å². The number of amides is 1. The molecule has 0 bridgehead atoms. The summed E-state index contributed by atoms with van der Waals surface area (Å²) in [7, 11) is 0. The second-order valence-electron chi connectivity index (χ2n) is 3.77. The Balaban J connectivity index is 2.43. The Bertz CT molecular complexity index is 197. The van der Waals surface area contributed by atoms with Crippen molar-refractivity contribution in [1.29, 1.82) is 0 Å². The van der Waals surface area contributed by atoms with Gasteiger partial charge in [0, 0.05) is 39.1 Å². The number of carbonyl (C=O) groups is 1. The SMILES string of the molecule is CCN(C(C)=O)[C@@H]1CCN(CCO)C1. The predicted octanol–water partition coefficient (Wildman–Crippen LogP) is -0.0786. The third kappa shape index (κ3) is 2.69. The molecule has 1 saturated heterocycles. The Morgan fingerprint density at radius 2 is 2.36 bits per heavy atom. The van der Waals surface area contributed by atoms with E-state index in [1.54, 1.807) is 6.92 Å². The van der Waals surface area contributed by atoms with Crippen molar-refractivity contribution in [2.75, 3.05) is 32.8 Å². The third-order valence-corrected chi connectivity index (χ3v) is 2.85. The van der Waals surface area contributed by atoms with Gasteiger partial charge >= 0.3 is 0 Å². The van der Waals surface area contributed by atoms with Gasteiger partial charge in [0.1, 0.15) is 0 Å². The third-order valence-electron chi connectivity index (χ3n) is 2.85. The molecule has 1 amide bonds. The lowest BCUT2D eigenvalue weighted by Crippen LogP contribution is -2.40. The van der Waals surface area contributed by atoms with Crippen LogP contribution >= 0.6 is 0 Å². The van der Waals surface area contributed by atoms with Crippen LogP contribution in [0.2, 0.25) is 0 Å². The number of aliphatic hydroxyl groups excluding tert-OH is 1. The zero-order valence-electron chi connectivity index (χ0n) is 9.07. The number of likely N-dealkylation sites (N-methyl/N-ethyl adjacent to an activating group) is 1. The summed E-state index contributed by atoms with van der Waals surface area (Å²) in [6, 6.07) is 0.351. The summed E-state index contributed by atoms with van der Waals surface area (Å²) < 4.78 is 0. The number of hydrogen-bond acceptors (Lipinski definition) is 3. The molecule has 1 heterocycles. The summed E-state index contributed by atoms with van der Waals surface area (Å²) in [4.78, 5) is 15.4. The topological polar surface area (TPSA) is 43.8 Å². The van der Waals surface area contributed by atoms with E-state index in [1.165, 1.54) is 0 Å². The molecule has 82 valence electrons. The van der Waals surface area contributed by atoms with Gasteiger partial charge in [-0.25, -0.2) is 0 Å². The zero-order valence-corrected chi connectivity index (χ0v) is 9.07. The van der Waals surface area contributed by atoms with Crippen LogP contribution in [-0.4, -0.2) is 59.6 Å². The van der Waals surface area contributed by atoms with Crippen LogP contribution in [0.1, 0.15) is 20.3 Å². The van der Waals surface area contributed by atoms with E-state index in [1.807, 2.05) is 11.8 Å². The van der Waals surface area contributed by atoms with Crippen LogP contribution in [0, 0.1) is 0 Å². The number of nitrogens with zero attached hydrogens (tertiary/aromatic N) is 2. The first-order valence-electron chi connectivity index (χ1n) is 5.29. The Hall–Kier alpha value is -0.610. The molecule has 0 spiro atoms. The van der Waals surface area contributed by atoms with E-state index in [0.29, 0.717) is 6.04 Å². The van der Waals surface area contributed by atoms with Crippen molar-refractivity contribution in [2.24, 2.45) is 0 Å². The Kier molecular flexibility index (Phi) is 4.35. The second-order valence-corrected chi connectivity index (χ2v) is 3.77. The van der Waals surface area contributed by atoms with E-state index in [-0.39, 0.29) is 12.5 Å². The lowest BCUT2D eigenvalue weighted by Gasteiger charge is -2.26. The van der Waals surface area contributed by atoms with E-state index in [0.717, 1.165) is 32.6 Å². The highest BCUT2D eigenvalue weighted by molar-refractivity contribution is 5.73. The Morgan fingerprint density at radius 3 is 2.86 bits per heavy atom. The molecule has 0 aromatic rings. The van der Waals surface area contributed by atoms with Crippen molar-refractivity contribution in [3.8, 4) is 0 Å². The standard InChI is InChI=1S/C10H20N2O2/c1-3-12(9(2)14)10-4-5-11(8-10)6-7-13/h10,13H,3-8H2,1-2H3/t10-/m1/s1. The molecule has 1 fully saturated rings. The minimum Gasteiger partial charge on any atom is -0.395 e. The van der Waals surface area contributed by atoms with Gasteiger partial charge in [0.25, 0.3) is 0 Å². The maximum atomic E-state index is 11.3. The lowest BCUT2D eigenvalue weighted by molar-refractivity contribution is -0.130. The van der Waals surface area contributed by atoms with Crippen LogP contribution < -0.4 is 0 Å². The van der Waals surface area contributed by atoms with Gasteiger partial charge in [0.2, 0.25) is 5.91 Å². The Labute approximate surface area is 85.5 Å². The molecule has 1 N–H and O–H groups in total. The molecule has 0 saturated carbocycles. The quantitative estimate of drug-likeness (QED) is 0.690. The highest BCUT2D eigenvalue weighted by Gasteiger charge is 2.27. The van der Waals surface area contributed by atoms with Crippen molar-refractivity contribution in [3.05, 3.63) is 0 Å². The zero-order chi connectivity index (χ0) is 10.6. The largest absolute Gasteiger partial charge is 0.395 e. The summed E-state index contributed by atoms with van der Waals surface area (Å²) in [5.74, 6) is 0.156. The number of β-amino-alcohol motifs (C(OH)–C–C–N with tert-alkyl or cyclic N) is 1. The number of hydrogen-bond donors (Lipinski definition) is 1. The Morgan fingerprint density at radius 1 is 1.64 bits per heavy atom. The summed E-state index contributed by atoms with van der Waals surface area (Å²) in [6.45, 7) is 7.26. The fourth-order valence-electron chi connectivity index (χ4n) is 2.15. The van der Waals surface area contributed by atoms with Crippen LogP contribution in [0.4, 0.5) is 0 Å². The number of carbonyl (C=O) groups excluding carboxylic acids is 1. The smallest absolute Gasteiger partial charge is 0.219 e. The van der Waals surface area contributed by atoms with Crippen LogP contribution in [-0.2, 0) is 4.79 Å².